The molecule has 0 atom stereocenters. The van der Waals surface area contributed by atoms with Crippen LogP contribution in [0.2, 0.25) is 10.0 Å². The summed E-state index contributed by atoms with van der Waals surface area (Å²) in [6, 6.07) is 13.8. The number of halogens is 2. The molecule has 4 rings (SSSR count). The summed E-state index contributed by atoms with van der Waals surface area (Å²) in [6.45, 7) is 0. The lowest BCUT2D eigenvalue weighted by molar-refractivity contribution is 1.41. The van der Waals surface area contributed by atoms with Crippen molar-refractivity contribution in [3.05, 3.63) is 64.9 Å². The van der Waals surface area contributed by atoms with Gasteiger partial charge in [-0.2, -0.15) is 0 Å². The first kappa shape index (κ1) is 12.7. The minimum absolute atomic E-state index is 0.623. The molecule has 0 aliphatic rings. The molecular weight excluding hydrogens is 303 g/mol. The summed E-state index contributed by atoms with van der Waals surface area (Å²) in [5, 5.41) is 3.34. The summed E-state index contributed by atoms with van der Waals surface area (Å²) < 4.78 is 0. The number of rotatable bonds is 1. The molecule has 0 aliphatic carbocycles. The number of hydrogen-bond acceptors (Lipinski definition) is 1. The number of pyridine rings is 1. The predicted molar refractivity (Wildman–Crippen MR) is 89.1 cm³/mol. The van der Waals surface area contributed by atoms with Crippen molar-refractivity contribution in [3.8, 4) is 11.1 Å². The molecule has 1 N–H and O–H groups in total. The molecule has 4 heteroatoms. The molecule has 2 aromatic carbocycles. The van der Waals surface area contributed by atoms with Gasteiger partial charge in [0.05, 0.1) is 10.5 Å². The van der Waals surface area contributed by atoms with Gasteiger partial charge in [0.2, 0.25) is 0 Å². The van der Waals surface area contributed by atoms with Crippen molar-refractivity contribution < 1.29 is 0 Å². The van der Waals surface area contributed by atoms with Crippen molar-refractivity contribution >= 4 is 45.0 Å². The lowest BCUT2D eigenvalue weighted by Crippen LogP contribution is -1.82. The van der Waals surface area contributed by atoms with E-state index >= 15 is 0 Å². The quantitative estimate of drug-likeness (QED) is 0.480. The highest BCUT2D eigenvalue weighted by molar-refractivity contribution is 6.39. The number of aromatic nitrogens is 2. The monoisotopic (exact) mass is 312 g/mol. The van der Waals surface area contributed by atoms with Crippen LogP contribution in [0.5, 0.6) is 0 Å². The van der Waals surface area contributed by atoms with Crippen molar-refractivity contribution in [2.24, 2.45) is 0 Å². The Morgan fingerprint density at radius 1 is 1.00 bits per heavy atom. The molecule has 0 unspecified atom stereocenters. The number of H-pyrrole nitrogens is 1. The molecule has 2 nitrogen and oxygen atoms in total. The Labute approximate surface area is 131 Å². The Kier molecular flexibility index (Phi) is 2.88. The standard InChI is InChI=1S/C17H10Cl2N2/c18-12-6-14(19)17-13(9-21-16(17)7-12)11-5-10-3-1-2-4-15(10)20-8-11/h1-9,21H. The molecule has 0 spiro atoms. The summed E-state index contributed by atoms with van der Waals surface area (Å²) in [5.74, 6) is 0. The minimum atomic E-state index is 0.623. The van der Waals surface area contributed by atoms with Gasteiger partial charge in [-0.25, -0.2) is 0 Å². The van der Waals surface area contributed by atoms with Gasteiger partial charge in [0, 0.05) is 44.8 Å². The Hall–Kier alpha value is -2.03. The highest BCUT2D eigenvalue weighted by atomic mass is 35.5. The zero-order valence-corrected chi connectivity index (χ0v) is 12.4. The van der Waals surface area contributed by atoms with Gasteiger partial charge in [-0.15, -0.1) is 0 Å². The van der Waals surface area contributed by atoms with E-state index in [4.69, 9.17) is 23.2 Å². The molecule has 0 fully saturated rings. The predicted octanol–water partition coefficient (Wildman–Crippen LogP) is 5.69. The second kappa shape index (κ2) is 4.76. The van der Waals surface area contributed by atoms with E-state index in [0.717, 1.165) is 32.9 Å². The van der Waals surface area contributed by atoms with Crippen LogP contribution in [0.3, 0.4) is 0 Å². The maximum Gasteiger partial charge on any atom is 0.0702 e. The van der Waals surface area contributed by atoms with Crippen LogP contribution in [0.25, 0.3) is 32.9 Å². The number of benzene rings is 2. The smallest absolute Gasteiger partial charge is 0.0702 e. The molecular formula is C17H10Cl2N2. The highest BCUT2D eigenvalue weighted by Crippen LogP contribution is 2.36. The third-order valence-electron chi connectivity index (χ3n) is 3.60. The van der Waals surface area contributed by atoms with Crippen molar-refractivity contribution in [2.45, 2.75) is 0 Å². The molecule has 0 radical (unpaired) electrons. The van der Waals surface area contributed by atoms with Crippen LogP contribution in [0.4, 0.5) is 0 Å². The van der Waals surface area contributed by atoms with E-state index in [2.05, 4.69) is 22.1 Å². The number of nitrogens with zero attached hydrogens (tertiary/aromatic N) is 1. The molecule has 21 heavy (non-hydrogen) atoms. The van der Waals surface area contributed by atoms with Crippen LogP contribution in [0.1, 0.15) is 0 Å². The number of nitrogens with one attached hydrogen (secondary N) is 1. The second-order valence-electron chi connectivity index (χ2n) is 4.93. The van der Waals surface area contributed by atoms with Crippen molar-refractivity contribution in [2.75, 3.05) is 0 Å². The molecule has 2 heterocycles. The van der Waals surface area contributed by atoms with E-state index < -0.39 is 0 Å². The molecule has 102 valence electrons. The highest BCUT2D eigenvalue weighted by Gasteiger charge is 2.11. The third-order valence-corrected chi connectivity index (χ3v) is 4.11. The maximum absolute atomic E-state index is 6.35. The van der Waals surface area contributed by atoms with Gasteiger partial charge in [0.25, 0.3) is 0 Å². The van der Waals surface area contributed by atoms with Crippen LogP contribution in [-0.2, 0) is 0 Å². The zero-order chi connectivity index (χ0) is 14.4. The zero-order valence-electron chi connectivity index (χ0n) is 10.9. The average molecular weight is 313 g/mol. The first-order valence-electron chi connectivity index (χ1n) is 6.54. The SMILES string of the molecule is Clc1cc(Cl)c2c(-c3cnc4ccccc4c3)c[nH]c2c1. The number of fused-ring (bicyclic) bond motifs is 2. The molecule has 0 aliphatic heterocycles. The van der Waals surface area contributed by atoms with Gasteiger partial charge >= 0.3 is 0 Å². The van der Waals surface area contributed by atoms with Gasteiger partial charge in [0.15, 0.2) is 0 Å². The van der Waals surface area contributed by atoms with E-state index in [1.807, 2.05) is 36.7 Å². The summed E-state index contributed by atoms with van der Waals surface area (Å²) in [6.07, 6.45) is 3.81. The van der Waals surface area contributed by atoms with Gasteiger partial charge in [-0.05, 0) is 24.3 Å². The number of aromatic amines is 1. The lowest BCUT2D eigenvalue weighted by atomic mass is 10.0. The Morgan fingerprint density at radius 2 is 1.86 bits per heavy atom. The molecule has 4 aromatic rings. The van der Waals surface area contributed by atoms with E-state index in [0.29, 0.717) is 10.0 Å². The van der Waals surface area contributed by atoms with Crippen LogP contribution in [-0.4, -0.2) is 9.97 Å². The van der Waals surface area contributed by atoms with Crippen LogP contribution in [0, 0.1) is 0 Å². The lowest BCUT2D eigenvalue weighted by Gasteiger charge is -2.04. The van der Waals surface area contributed by atoms with E-state index in [1.165, 1.54) is 0 Å². The molecule has 2 aromatic heterocycles. The Balaban J connectivity index is 2.00. The topological polar surface area (TPSA) is 28.7 Å². The van der Waals surface area contributed by atoms with Gasteiger partial charge in [-0.1, -0.05) is 41.4 Å². The second-order valence-corrected chi connectivity index (χ2v) is 5.77. The van der Waals surface area contributed by atoms with Crippen molar-refractivity contribution in [1.82, 2.24) is 9.97 Å². The molecule has 0 saturated heterocycles. The average Bonchev–Trinajstić information content (AvgIpc) is 2.90. The van der Waals surface area contributed by atoms with Gasteiger partial charge in [-0.3, -0.25) is 4.98 Å². The number of para-hydroxylation sites is 1. The van der Waals surface area contributed by atoms with Crippen LogP contribution >= 0.6 is 23.2 Å². The summed E-state index contributed by atoms with van der Waals surface area (Å²) in [4.78, 5) is 7.73. The molecule has 0 amide bonds. The van der Waals surface area contributed by atoms with Crippen molar-refractivity contribution in [3.63, 3.8) is 0 Å². The summed E-state index contributed by atoms with van der Waals surface area (Å²) in [5.41, 5.74) is 3.97. The fourth-order valence-electron chi connectivity index (χ4n) is 2.63. The normalized spacial score (nSPS) is 11.3. The van der Waals surface area contributed by atoms with Crippen LogP contribution < -0.4 is 0 Å². The third kappa shape index (κ3) is 2.08. The summed E-state index contributed by atoms with van der Waals surface area (Å²) in [7, 11) is 0. The first-order valence-corrected chi connectivity index (χ1v) is 7.29. The minimum Gasteiger partial charge on any atom is -0.360 e. The van der Waals surface area contributed by atoms with E-state index in [9.17, 15) is 0 Å². The molecule has 0 saturated carbocycles. The molecule has 0 bridgehead atoms. The van der Waals surface area contributed by atoms with Crippen molar-refractivity contribution in [1.29, 1.82) is 0 Å². The largest absolute Gasteiger partial charge is 0.360 e. The van der Waals surface area contributed by atoms with E-state index in [1.54, 1.807) is 6.07 Å². The van der Waals surface area contributed by atoms with E-state index in [-0.39, 0.29) is 0 Å². The van der Waals surface area contributed by atoms with Gasteiger partial charge in [0.1, 0.15) is 0 Å². The maximum atomic E-state index is 6.35. The fourth-order valence-corrected chi connectivity index (χ4v) is 3.22. The summed E-state index contributed by atoms with van der Waals surface area (Å²) >= 11 is 12.4. The Morgan fingerprint density at radius 3 is 2.76 bits per heavy atom. The first-order chi connectivity index (χ1) is 10.2. The number of hydrogen-bond donors (Lipinski definition) is 1. The fraction of sp³-hybridized carbons (Fsp3) is 0. The Bertz CT molecular complexity index is 973. The van der Waals surface area contributed by atoms with Crippen LogP contribution in [0.15, 0.2) is 54.9 Å². The van der Waals surface area contributed by atoms with Gasteiger partial charge < -0.3 is 4.98 Å².